The second-order valence-corrected chi connectivity index (χ2v) is 1.83. The van der Waals surface area contributed by atoms with Gasteiger partial charge in [0.2, 0.25) is 0 Å². The topological polar surface area (TPSA) is 115 Å². The van der Waals surface area contributed by atoms with Crippen molar-refractivity contribution >= 4 is 17.5 Å². The van der Waals surface area contributed by atoms with Crippen LogP contribution in [0.2, 0.25) is 0 Å². The maximum atomic E-state index is 10.3. The van der Waals surface area contributed by atoms with Crippen LogP contribution in [0.4, 0.5) is 11.5 Å². The second-order valence-electron chi connectivity index (χ2n) is 1.83. The number of aromatic carboxylic acids is 1. The van der Waals surface area contributed by atoms with Crippen molar-refractivity contribution in [2.75, 3.05) is 11.5 Å². The van der Waals surface area contributed by atoms with E-state index in [0.29, 0.717) is 0 Å². The molecule has 58 valence electrons. The fourth-order valence-electron chi connectivity index (χ4n) is 0.580. The molecule has 0 radical (unpaired) electrons. The van der Waals surface area contributed by atoms with Gasteiger partial charge < -0.3 is 16.6 Å². The van der Waals surface area contributed by atoms with Gasteiger partial charge in [0, 0.05) is 0 Å². The molecule has 0 saturated heterocycles. The van der Waals surface area contributed by atoms with Crippen LogP contribution in [-0.2, 0) is 0 Å². The highest BCUT2D eigenvalue weighted by Gasteiger charge is 2.11. The normalized spacial score (nSPS) is 9.45. The van der Waals surface area contributed by atoms with Crippen LogP contribution in [0.25, 0.3) is 0 Å². The van der Waals surface area contributed by atoms with Gasteiger partial charge in [-0.1, -0.05) is 0 Å². The van der Waals surface area contributed by atoms with Crippen molar-refractivity contribution in [3.63, 3.8) is 0 Å². The Morgan fingerprint density at radius 1 is 1.45 bits per heavy atom. The van der Waals surface area contributed by atoms with E-state index in [4.69, 9.17) is 16.6 Å². The van der Waals surface area contributed by atoms with Crippen LogP contribution in [-0.4, -0.2) is 21.0 Å². The molecule has 0 fully saturated rings. The molecular formula is C5H6N4O2. The van der Waals surface area contributed by atoms with Gasteiger partial charge in [-0.3, -0.25) is 0 Å². The highest BCUT2D eigenvalue weighted by molar-refractivity contribution is 5.93. The summed E-state index contributed by atoms with van der Waals surface area (Å²) in [5.41, 5.74) is 10.1. The Hall–Kier alpha value is -1.85. The molecule has 1 aromatic heterocycles. The van der Waals surface area contributed by atoms with E-state index in [-0.39, 0.29) is 17.2 Å². The Kier molecular flexibility index (Phi) is 1.59. The van der Waals surface area contributed by atoms with Crippen molar-refractivity contribution in [2.45, 2.75) is 0 Å². The molecule has 0 aromatic carbocycles. The van der Waals surface area contributed by atoms with Crippen molar-refractivity contribution in [3.05, 3.63) is 12.0 Å². The van der Waals surface area contributed by atoms with Crippen molar-refractivity contribution in [3.8, 4) is 0 Å². The van der Waals surface area contributed by atoms with Gasteiger partial charge in [0.25, 0.3) is 0 Å². The van der Waals surface area contributed by atoms with Gasteiger partial charge in [-0.2, -0.15) is 0 Å². The number of carbonyl (C=O) groups is 1. The van der Waals surface area contributed by atoms with Crippen LogP contribution < -0.4 is 11.5 Å². The average molecular weight is 154 g/mol. The maximum Gasteiger partial charge on any atom is 0.356 e. The highest BCUT2D eigenvalue weighted by Crippen LogP contribution is 2.12. The Bertz CT molecular complexity index is 299. The van der Waals surface area contributed by atoms with Crippen molar-refractivity contribution in [1.29, 1.82) is 0 Å². The molecule has 0 aliphatic heterocycles. The van der Waals surface area contributed by atoms with E-state index >= 15 is 0 Å². The van der Waals surface area contributed by atoms with E-state index in [1.807, 2.05) is 0 Å². The molecule has 11 heavy (non-hydrogen) atoms. The number of aromatic nitrogens is 2. The Balaban J connectivity index is 3.27. The van der Waals surface area contributed by atoms with Gasteiger partial charge in [-0.15, -0.1) is 0 Å². The first-order valence-corrected chi connectivity index (χ1v) is 2.72. The summed E-state index contributed by atoms with van der Waals surface area (Å²) < 4.78 is 0. The zero-order valence-corrected chi connectivity index (χ0v) is 5.48. The second kappa shape index (κ2) is 2.41. The number of nitrogen functional groups attached to an aromatic ring is 2. The van der Waals surface area contributed by atoms with Crippen LogP contribution in [0, 0.1) is 0 Å². The van der Waals surface area contributed by atoms with Crippen LogP contribution >= 0.6 is 0 Å². The molecule has 5 N–H and O–H groups in total. The molecule has 1 aromatic rings. The van der Waals surface area contributed by atoms with Crippen LogP contribution in [0.3, 0.4) is 0 Å². The number of anilines is 2. The highest BCUT2D eigenvalue weighted by atomic mass is 16.4. The summed E-state index contributed by atoms with van der Waals surface area (Å²) in [5.74, 6) is -1.23. The van der Waals surface area contributed by atoms with Crippen LogP contribution in [0.5, 0.6) is 0 Å². The molecule has 0 unspecified atom stereocenters. The fraction of sp³-hybridized carbons (Fsp3) is 0. The van der Waals surface area contributed by atoms with Gasteiger partial charge in [-0.05, 0) is 0 Å². The minimum Gasteiger partial charge on any atom is -0.476 e. The molecule has 1 heterocycles. The first-order valence-electron chi connectivity index (χ1n) is 2.72. The van der Waals surface area contributed by atoms with E-state index in [1.54, 1.807) is 0 Å². The van der Waals surface area contributed by atoms with Crippen LogP contribution in [0.1, 0.15) is 10.5 Å². The SMILES string of the molecule is Nc1ncnc(C(=O)O)c1N. The minimum absolute atomic E-state index is 0.0163. The number of carboxylic acid groups (broad SMARTS) is 1. The molecule has 0 bridgehead atoms. The molecule has 0 aliphatic rings. The lowest BCUT2D eigenvalue weighted by Crippen LogP contribution is -2.09. The van der Waals surface area contributed by atoms with Crippen molar-refractivity contribution in [2.24, 2.45) is 0 Å². The lowest BCUT2D eigenvalue weighted by atomic mass is 10.3. The molecular weight excluding hydrogens is 148 g/mol. The minimum atomic E-state index is -1.21. The van der Waals surface area contributed by atoms with Gasteiger partial charge in [-0.25, -0.2) is 14.8 Å². The Labute approximate surface area is 61.9 Å². The summed E-state index contributed by atoms with van der Waals surface area (Å²) in [6.45, 7) is 0. The number of carboxylic acids is 1. The quantitative estimate of drug-likeness (QED) is 0.494. The summed E-state index contributed by atoms with van der Waals surface area (Å²) in [4.78, 5) is 17.3. The molecule has 6 heteroatoms. The van der Waals surface area contributed by atoms with Gasteiger partial charge in [0.05, 0.1) is 0 Å². The molecule has 0 amide bonds. The standard InChI is InChI=1S/C5H6N4O2/c6-2-3(5(10)11)8-1-9-4(2)7/h1H,6H2,(H,10,11)(H2,7,8,9). The summed E-state index contributed by atoms with van der Waals surface area (Å²) >= 11 is 0. The predicted octanol–water partition coefficient (Wildman–Crippen LogP) is -0.661. The molecule has 0 saturated carbocycles. The molecule has 1 rings (SSSR count). The molecule has 0 aliphatic carbocycles. The van der Waals surface area contributed by atoms with E-state index in [2.05, 4.69) is 9.97 Å². The average Bonchev–Trinajstić information content (AvgIpc) is 1.94. The number of nitrogens with zero attached hydrogens (tertiary/aromatic N) is 2. The van der Waals surface area contributed by atoms with E-state index in [0.717, 1.165) is 6.33 Å². The maximum absolute atomic E-state index is 10.3. The van der Waals surface area contributed by atoms with Crippen molar-refractivity contribution < 1.29 is 9.90 Å². The third kappa shape index (κ3) is 1.18. The Morgan fingerprint density at radius 2 is 2.09 bits per heavy atom. The molecule has 0 atom stereocenters. The first kappa shape index (κ1) is 7.26. The smallest absolute Gasteiger partial charge is 0.356 e. The number of hydrogen-bond acceptors (Lipinski definition) is 5. The first-order chi connectivity index (χ1) is 5.13. The summed E-state index contributed by atoms with van der Waals surface area (Å²) in [7, 11) is 0. The lowest BCUT2D eigenvalue weighted by molar-refractivity contribution is 0.0691. The summed E-state index contributed by atoms with van der Waals surface area (Å²) in [6.07, 6.45) is 1.05. The summed E-state index contributed by atoms with van der Waals surface area (Å²) in [6, 6.07) is 0. The summed E-state index contributed by atoms with van der Waals surface area (Å²) in [5, 5.41) is 8.46. The van der Waals surface area contributed by atoms with Crippen LogP contribution in [0.15, 0.2) is 6.33 Å². The third-order valence-corrected chi connectivity index (χ3v) is 1.12. The number of rotatable bonds is 1. The van der Waals surface area contributed by atoms with Gasteiger partial charge in [0.15, 0.2) is 11.5 Å². The Morgan fingerprint density at radius 3 is 2.55 bits per heavy atom. The predicted molar refractivity (Wildman–Crippen MR) is 37.8 cm³/mol. The fourth-order valence-corrected chi connectivity index (χ4v) is 0.580. The molecule has 6 nitrogen and oxygen atoms in total. The van der Waals surface area contributed by atoms with E-state index in [9.17, 15) is 4.79 Å². The zero-order chi connectivity index (χ0) is 8.43. The largest absolute Gasteiger partial charge is 0.476 e. The third-order valence-electron chi connectivity index (χ3n) is 1.12. The van der Waals surface area contributed by atoms with Gasteiger partial charge >= 0.3 is 5.97 Å². The lowest BCUT2D eigenvalue weighted by Gasteiger charge is -1.99. The van der Waals surface area contributed by atoms with Crippen molar-refractivity contribution in [1.82, 2.24) is 9.97 Å². The van der Waals surface area contributed by atoms with E-state index in [1.165, 1.54) is 0 Å². The monoisotopic (exact) mass is 154 g/mol. The number of hydrogen-bond donors (Lipinski definition) is 3. The zero-order valence-electron chi connectivity index (χ0n) is 5.48. The molecule has 0 spiro atoms. The van der Waals surface area contributed by atoms with E-state index < -0.39 is 5.97 Å². The van der Waals surface area contributed by atoms with Gasteiger partial charge in [0.1, 0.15) is 12.0 Å². The number of nitrogens with two attached hydrogens (primary N) is 2.